The minimum absolute atomic E-state index is 0.0440. The number of hydrogen-bond donors (Lipinski definition) is 3. The fraction of sp³-hybridized carbons (Fsp3) is 0.385. The quantitative estimate of drug-likeness (QED) is 0.782. The number of carbonyl (C=O) groups is 2. The van der Waals surface area contributed by atoms with Gasteiger partial charge in [0.2, 0.25) is 0 Å². The normalized spacial score (nSPS) is 13.4. The number of halogens is 2. The SMILES string of the molecule is CCC(C)(CNC(=O)Nc1cc(F)ccc1Cl)C(=O)O. The van der Waals surface area contributed by atoms with Gasteiger partial charge in [0.25, 0.3) is 0 Å². The highest BCUT2D eigenvalue weighted by Crippen LogP contribution is 2.23. The monoisotopic (exact) mass is 302 g/mol. The lowest BCUT2D eigenvalue weighted by atomic mass is 9.88. The molecule has 110 valence electrons. The van der Waals surface area contributed by atoms with Gasteiger partial charge < -0.3 is 15.7 Å². The van der Waals surface area contributed by atoms with Gasteiger partial charge in [-0.2, -0.15) is 0 Å². The summed E-state index contributed by atoms with van der Waals surface area (Å²) in [6.07, 6.45) is 0.364. The molecular formula is C13H16ClFN2O3. The number of amides is 2. The Hall–Kier alpha value is -1.82. The molecule has 0 aromatic heterocycles. The Labute approximate surface area is 121 Å². The van der Waals surface area contributed by atoms with Gasteiger partial charge in [0.05, 0.1) is 16.1 Å². The van der Waals surface area contributed by atoms with E-state index in [9.17, 15) is 14.0 Å². The van der Waals surface area contributed by atoms with Crippen LogP contribution < -0.4 is 10.6 Å². The zero-order valence-corrected chi connectivity index (χ0v) is 11.9. The van der Waals surface area contributed by atoms with Crippen LogP contribution in [0.2, 0.25) is 5.02 Å². The van der Waals surface area contributed by atoms with Crippen LogP contribution in [0.25, 0.3) is 0 Å². The van der Waals surface area contributed by atoms with Gasteiger partial charge in [-0.15, -0.1) is 0 Å². The first kappa shape index (κ1) is 16.2. The number of carboxylic acids is 1. The fourth-order valence-electron chi connectivity index (χ4n) is 1.39. The van der Waals surface area contributed by atoms with Gasteiger partial charge in [0.15, 0.2) is 0 Å². The van der Waals surface area contributed by atoms with Gasteiger partial charge in [0.1, 0.15) is 5.82 Å². The molecule has 1 unspecified atom stereocenters. The van der Waals surface area contributed by atoms with Crippen LogP contribution in [0, 0.1) is 11.2 Å². The zero-order chi connectivity index (χ0) is 15.3. The Morgan fingerprint density at radius 3 is 2.65 bits per heavy atom. The maximum absolute atomic E-state index is 13.0. The van der Waals surface area contributed by atoms with Crippen LogP contribution in [0.3, 0.4) is 0 Å². The molecule has 20 heavy (non-hydrogen) atoms. The molecule has 5 nitrogen and oxygen atoms in total. The molecule has 0 saturated heterocycles. The number of anilines is 1. The molecule has 2 amide bonds. The molecule has 0 saturated carbocycles. The van der Waals surface area contributed by atoms with Gasteiger partial charge in [-0.05, 0) is 31.5 Å². The molecule has 0 bridgehead atoms. The van der Waals surface area contributed by atoms with E-state index in [1.54, 1.807) is 6.92 Å². The van der Waals surface area contributed by atoms with E-state index in [4.69, 9.17) is 16.7 Å². The number of hydrogen-bond acceptors (Lipinski definition) is 2. The van der Waals surface area contributed by atoms with Crippen molar-refractivity contribution < 1.29 is 19.1 Å². The molecule has 0 aliphatic carbocycles. The lowest BCUT2D eigenvalue weighted by Gasteiger charge is -2.23. The smallest absolute Gasteiger partial charge is 0.319 e. The number of aliphatic carboxylic acids is 1. The average molecular weight is 303 g/mol. The third-order valence-electron chi connectivity index (χ3n) is 3.11. The third-order valence-corrected chi connectivity index (χ3v) is 3.44. The summed E-state index contributed by atoms with van der Waals surface area (Å²) in [6, 6.07) is 2.93. The van der Waals surface area contributed by atoms with E-state index in [-0.39, 0.29) is 17.3 Å². The van der Waals surface area contributed by atoms with E-state index in [1.807, 2.05) is 0 Å². The molecule has 7 heteroatoms. The van der Waals surface area contributed by atoms with Crippen molar-refractivity contribution in [2.75, 3.05) is 11.9 Å². The molecule has 1 atom stereocenters. The minimum Gasteiger partial charge on any atom is -0.481 e. The first-order chi connectivity index (χ1) is 9.28. The Morgan fingerprint density at radius 2 is 2.10 bits per heavy atom. The molecule has 1 rings (SSSR count). The van der Waals surface area contributed by atoms with E-state index >= 15 is 0 Å². The molecule has 1 aromatic rings. The van der Waals surface area contributed by atoms with E-state index in [2.05, 4.69) is 10.6 Å². The Bertz CT molecular complexity index is 524. The number of carbonyl (C=O) groups excluding carboxylic acids is 1. The van der Waals surface area contributed by atoms with Crippen LogP contribution in [0.4, 0.5) is 14.9 Å². The number of benzene rings is 1. The van der Waals surface area contributed by atoms with Crippen molar-refractivity contribution in [3.63, 3.8) is 0 Å². The molecule has 0 radical (unpaired) electrons. The number of nitrogens with one attached hydrogen (secondary N) is 2. The topological polar surface area (TPSA) is 78.4 Å². The van der Waals surface area contributed by atoms with Crippen LogP contribution in [-0.2, 0) is 4.79 Å². The van der Waals surface area contributed by atoms with Crippen LogP contribution in [0.5, 0.6) is 0 Å². The van der Waals surface area contributed by atoms with E-state index in [0.717, 1.165) is 6.07 Å². The largest absolute Gasteiger partial charge is 0.481 e. The Kier molecular flexibility index (Phi) is 5.33. The zero-order valence-electron chi connectivity index (χ0n) is 11.2. The summed E-state index contributed by atoms with van der Waals surface area (Å²) in [4.78, 5) is 22.7. The van der Waals surface area contributed by atoms with Crippen molar-refractivity contribution in [3.8, 4) is 0 Å². The van der Waals surface area contributed by atoms with Gasteiger partial charge >= 0.3 is 12.0 Å². The molecule has 1 aromatic carbocycles. The van der Waals surface area contributed by atoms with Crippen LogP contribution in [-0.4, -0.2) is 23.7 Å². The summed E-state index contributed by atoms with van der Waals surface area (Å²) in [5.41, 5.74) is -0.930. The van der Waals surface area contributed by atoms with E-state index in [1.165, 1.54) is 19.1 Å². The van der Waals surface area contributed by atoms with Crippen molar-refractivity contribution in [3.05, 3.63) is 29.0 Å². The van der Waals surface area contributed by atoms with Crippen molar-refractivity contribution >= 4 is 29.3 Å². The molecule has 0 heterocycles. The summed E-state index contributed by atoms with van der Waals surface area (Å²) in [6.45, 7) is 3.21. The first-order valence-corrected chi connectivity index (χ1v) is 6.39. The predicted octanol–water partition coefficient (Wildman–Crippen LogP) is 3.10. The summed E-state index contributed by atoms with van der Waals surface area (Å²) in [7, 11) is 0. The van der Waals surface area contributed by atoms with E-state index < -0.39 is 23.2 Å². The second-order valence-electron chi connectivity index (χ2n) is 4.65. The Morgan fingerprint density at radius 1 is 1.45 bits per heavy atom. The van der Waals surface area contributed by atoms with Gasteiger partial charge in [0, 0.05) is 6.54 Å². The van der Waals surface area contributed by atoms with Crippen molar-refractivity contribution in [2.24, 2.45) is 5.41 Å². The lowest BCUT2D eigenvalue weighted by molar-refractivity contribution is -0.147. The first-order valence-electron chi connectivity index (χ1n) is 6.02. The van der Waals surface area contributed by atoms with Crippen molar-refractivity contribution in [1.82, 2.24) is 5.32 Å². The fourth-order valence-corrected chi connectivity index (χ4v) is 1.55. The van der Waals surface area contributed by atoms with Crippen LogP contribution >= 0.6 is 11.6 Å². The second kappa shape index (κ2) is 6.56. The maximum atomic E-state index is 13.0. The molecule has 3 N–H and O–H groups in total. The second-order valence-corrected chi connectivity index (χ2v) is 5.06. The predicted molar refractivity (Wildman–Crippen MR) is 74.5 cm³/mol. The average Bonchev–Trinajstić information content (AvgIpc) is 2.40. The van der Waals surface area contributed by atoms with Crippen molar-refractivity contribution in [1.29, 1.82) is 0 Å². The van der Waals surface area contributed by atoms with Crippen LogP contribution in [0.15, 0.2) is 18.2 Å². The van der Waals surface area contributed by atoms with Gasteiger partial charge in [-0.1, -0.05) is 18.5 Å². The molecule has 0 aliphatic rings. The lowest BCUT2D eigenvalue weighted by Crippen LogP contribution is -2.42. The highest BCUT2D eigenvalue weighted by atomic mass is 35.5. The number of urea groups is 1. The van der Waals surface area contributed by atoms with Gasteiger partial charge in [-0.25, -0.2) is 9.18 Å². The highest BCUT2D eigenvalue weighted by Gasteiger charge is 2.31. The molecule has 0 aliphatic heterocycles. The molecule has 0 fully saturated rings. The highest BCUT2D eigenvalue weighted by molar-refractivity contribution is 6.33. The van der Waals surface area contributed by atoms with E-state index in [0.29, 0.717) is 6.42 Å². The van der Waals surface area contributed by atoms with Crippen LogP contribution in [0.1, 0.15) is 20.3 Å². The summed E-state index contributed by atoms with van der Waals surface area (Å²) in [5, 5.41) is 14.1. The standard InChI is InChI=1S/C13H16ClFN2O3/c1-3-13(2,11(18)19)7-16-12(20)17-10-6-8(15)4-5-9(10)14/h4-6H,3,7H2,1-2H3,(H,18,19)(H2,16,17,20). The number of carboxylic acid groups (broad SMARTS) is 1. The molecule has 0 spiro atoms. The Balaban J connectivity index is 2.65. The third kappa shape index (κ3) is 4.09. The minimum atomic E-state index is -1.05. The summed E-state index contributed by atoms with van der Waals surface area (Å²) in [5.74, 6) is -1.53. The maximum Gasteiger partial charge on any atom is 0.319 e. The summed E-state index contributed by atoms with van der Waals surface area (Å²) < 4.78 is 13.0. The van der Waals surface area contributed by atoms with Crippen molar-refractivity contribution in [2.45, 2.75) is 20.3 Å². The number of rotatable bonds is 5. The summed E-state index contributed by atoms with van der Waals surface area (Å²) >= 11 is 5.80. The van der Waals surface area contributed by atoms with Gasteiger partial charge in [-0.3, -0.25) is 4.79 Å². The molecular weight excluding hydrogens is 287 g/mol.